The van der Waals surface area contributed by atoms with Gasteiger partial charge < -0.3 is 15.4 Å². The second-order valence-electron chi connectivity index (χ2n) is 5.46. The molecule has 1 amide bonds. The number of halogens is 2. The summed E-state index contributed by atoms with van der Waals surface area (Å²) in [5, 5.41) is 13.1. The van der Waals surface area contributed by atoms with Crippen LogP contribution in [-0.2, 0) is 0 Å². The lowest BCUT2D eigenvalue weighted by molar-refractivity contribution is 0.102. The first-order valence-electron chi connectivity index (χ1n) is 8.15. The van der Waals surface area contributed by atoms with Crippen LogP contribution in [0.4, 0.5) is 26.0 Å². The fourth-order valence-corrected chi connectivity index (χ4v) is 2.25. The Labute approximate surface area is 154 Å². The summed E-state index contributed by atoms with van der Waals surface area (Å²) in [4.78, 5) is 12.1. The van der Waals surface area contributed by atoms with E-state index in [-0.39, 0.29) is 11.4 Å². The van der Waals surface area contributed by atoms with Crippen molar-refractivity contribution < 1.29 is 18.3 Å². The topological polar surface area (TPSA) is 76.1 Å². The molecular formula is C19H16F2N4O2. The number of rotatable bonds is 6. The SMILES string of the molecule is CCOc1ccc(Nc2ccc(C(=O)Nc3ccc(F)cc3F)nn2)cc1. The Hall–Kier alpha value is -3.55. The molecule has 0 saturated carbocycles. The molecule has 0 aliphatic rings. The van der Waals surface area contributed by atoms with Crippen LogP contribution in [0.15, 0.2) is 54.6 Å². The number of anilines is 3. The fraction of sp³-hybridized carbons (Fsp3) is 0.105. The first-order chi connectivity index (χ1) is 13.0. The molecule has 2 N–H and O–H groups in total. The van der Waals surface area contributed by atoms with Gasteiger partial charge in [0.15, 0.2) is 11.5 Å². The summed E-state index contributed by atoms with van der Waals surface area (Å²) in [5.41, 5.74) is 0.633. The van der Waals surface area contributed by atoms with Crippen molar-refractivity contribution in [2.45, 2.75) is 6.92 Å². The summed E-state index contributed by atoms with van der Waals surface area (Å²) in [6.07, 6.45) is 0. The number of nitrogens with zero attached hydrogens (tertiary/aromatic N) is 2. The molecule has 0 fully saturated rings. The summed E-state index contributed by atoms with van der Waals surface area (Å²) in [7, 11) is 0. The summed E-state index contributed by atoms with van der Waals surface area (Å²) in [6, 6.07) is 13.2. The number of carbonyl (C=O) groups is 1. The molecule has 0 atom stereocenters. The van der Waals surface area contributed by atoms with Crippen molar-refractivity contribution in [1.82, 2.24) is 10.2 Å². The lowest BCUT2D eigenvalue weighted by atomic mass is 10.2. The third kappa shape index (κ3) is 4.75. The molecule has 3 aromatic rings. The van der Waals surface area contributed by atoms with Gasteiger partial charge in [-0.15, -0.1) is 10.2 Å². The lowest BCUT2D eigenvalue weighted by Gasteiger charge is -2.08. The number of nitrogens with one attached hydrogen (secondary N) is 2. The highest BCUT2D eigenvalue weighted by Crippen LogP contribution is 2.19. The molecular weight excluding hydrogens is 354 g/mol. The Balaban J connectivity index is 1.64. The van der Waals surface area contributed by atoms with Gasteiger partial charge in [0.2, 0.25) is 0 Å². The van der Waals surface area contributed by atoms with Crippen molar-refractivity contribution in [2.24, 2.45) is 0 Å². The minimum absolute atomic E-state index is 0.00373. The van der Waals surface area contributed by atoms with Crippen molar-refractivity contribution in [3.05, 3.63) is 71.9 Å². The zero-order valence-corrected chi connectivity index (χ0v) is 14.4. The molecule has 27 heavy (non-hydrogen) atoms. The first-order valence-corrected chi connectivity index (χ1v) is 8.15. The van der Waals surface area contributed by atoms with Gasteiger partial charge in [-0.25, -0.2) is 8.78 Å². The zero-order chi connectivity index (χ0) is 19.2. The molecule has 0 radical (unpaired) electrons. The molecule has 1 aromatic heterocycles. The lowest BCUT2D eigenvalue weighted by Crippen LogP contribution is -2.15. The van der Waals surface area contributed by atoms with Crippen LogP contribution in [-0.4, -0.2) is 22.7 Å². The van der Waals surface area contributed by atoms with Crippen LogP contribution in [0.2, 0.25) is 0 Å². The smallest absolute Gasteiger partial charge is 0.276 e. The van der Waals surface area contributed by atoms with Crippen LogP contribution >= 0.6 is 0 Å². The summed E-state index contributed by atoms with van der Waals surface area (Å²) >= 11 is 0. The number of ether oxygens (including phenoxy) is 1. The van der Waals surface area contributed by atoms with Crippen LogP contribution in [0.5, 0.6) is 5.75 Å². The van der Waals surface area contributed by atoms with Crippen molar-refractivity contribution in [1.29, 1.82) is 0 Å². The molecule has 6 nitrogen and oxygen atoms in total. The van der Waals surface area contributed by atoms with E-state index in [0.717, 1.165) is 23.6 Å². The molecule has 3 rings (SSSR count). The maximum Gasteiger partial charge on any atom is 0.276 e. The Morgan fingerprint density at radius 2 is 1.81 bits per heavy atom. The van der Waals surface area contributed by atoms with Crippen LogP contribution < -0.4 is 15.4 Å². The van der Waals surface area contributed by atoms with Crippen LogP contribution in [0.3, 0.4) is 0 Å². The Morgan fingerprint density at radius 1 is 1.04 bits per heavy atom. The van der Waals surface area contributed by atoms with E-state index in [2.05, 4.69) is 20.8 Å². The molecule has 0 saturated heterocycles. The highest BCUT2D eigenvalue weighted by atomic mass is 19.1. The van der Waals surface area contributed by atoms with E-state index in [1.54, 1.807) is 6.07 Å². The molecule has 0 unspecified atom stereocenters. The Kier molecular flexibility index (Phi) is 5.55. The predicted octanol–water partition coefficient (Wildman–Crippen LogP) is 4.15. The fourth-order valence-electron chi connectivity index (χ4n) is 2.25. The molecule has 0 spiro atoms. The van der Waals surface area contributed by atoms with E-state index in [1.807, 2.05) is 31.2 Å². The van der Waals surface area contributed by atoms with Crippen molar-refractivity contribution in [3.63, 3.8) is 0 Å². The standard InChI is InChI=1S/C19H16F2N4O2/c1-2-27-14-6-4-13(5-7-14)22-18-10-9-17(24-25-18)19(26)23-16-8-3-12(20)11-15(16)21/h3-11H,2H2,1H3,(H,22,25)(H,23,26). The number of hydrogen-bond donors (Lipinski definition) is 2. The van der Waals surface area contributed by atoms with E-state index in [1.165, 1.54) is 6.07 Å². The zero-order valence-electron chi connectivity index (χ0n) is 14.4. The normalized spacial score (nSPS) is 10.3. The number of amides is 1. The molecule has 0 aliphatic heterocycles. The van der Waals surface area contributed by atoms with E-state index >= 15 is 0 Å². The predicted molar refractivity (Wildman–Crippen MR) is 97.2 cm³/mol. The highest BCUT2D eigenvalue weighted by Gasteiger charge is 2.12. The average molecular weight is 370 g/mol. The van der Waals surface area contributed by atoms with Gasteiger partial charge >= 0.3 is 0 Å². The summed E-state index contributed by atoms with van der Waals surface area (Å²) < 4.78 is 31.9. The third-order valence-corrected chi connectivity index (χ3v) is 3.51. The summed E-state index contributed by atoms with van der Waals surface area (Å²) in [5.74, 6) is -1.06. The number of benzene rings is 2. The van der Waals surface area contributed by atoms with Gasteiger partial charge in [0.05, 0.1) is 12.3 Å². The van der Waals surface area contributed by atoms with Gasteiger partial charge in [-0.05, 0) is 55.5 Å². The molecule has 8 heteroatoms. The van der Waals surface area contributed by atoms with Crippen molar-refractivity contribution in [2.75, 3.05) is 17.2 Å². The van der Waals surface area contributed by atoms with E-state index < -0.39 is 17.5 Å². The number of hydrogen-bond acceptors (Lipinski definition) is 5. The minimum atomic E-state index is -0.870. The van der Waals surface area contributed by atoms with Gasteiger partial charge in [-0.2, -0.15) is 0 Å². The van der Waals surface area contributed by atoms with E-state index in [0.29, 0.717) is 18.5 Å². The van der Waals surface area contributed by atoms with Gasteiger partial charge in [0.25, 0.3) is 5.91 Å². The molecule has 0 bridgehead atoms. The maximum atomic E-state index is 13.6. The quantitative estimate of drug-likeness (QED) is 0.682. The molecule has 138 valence electrons. The third-order valence-electron chi connectivity index (χ3n) is 3.51. The maximum absolute atomic E-state index is 13.6. The minimum Gasteiger partial charge on any atom is -0.494 e. The number of carbonyl (C=O) groups excluding carboxylic acids is 1. The molecule has 1 heterocycles. The van der Waals surface area contributed by atoms with Gasteiger partial charge in [-0.3, -0.25) is 4.79 Å². The monoisotopic (exact) mass is 370 g/mol. The largest absolute Gasteiger partial charge is 0.494 e. The van der Waals surface area contributed by atoms with E-state index in [9.17, 15) is 13.6 Å². The Morgan fingerprint density at radius 3 is 2.44 bits per heavy atom. The van der Waals surface area contributed by atoms with Crippen LogP contribution in [0.1, 0.15) is 17.4 Å². The van der Waals surface area contributed by atoms with Gasteiger partial charge in [-0.1, -0.05) is 0 Å². The molecule has 0 aliphatic carbocycles. The Bertz CT molecular complexity index is 931. The van der Waals surface area contributed by atoms with Crippen LogP contribution in [0.25, 0.3) is 0 Å². The second kappa shape index (κ2) is 8.22. The highest BCUT2D eigenvalue weighted by molar-refractivity contribution is 6.02. The van der Waals surface area contributed by atoms with Gasteiger partial charge in [0.1, 0.15) is 17.4 Å². The van der Waals surface area contributed by atoms with Crippen LogP contribution in [0, 0.1) is 11.6 Å². The average Bonchev–Trinajstić information content (AvgIpc) is 2.66. The number of aromatic nitrogens is 2. The second-order valence-corrected chi connectivity index (χ2v) is 5.46. The first kappa shape index (κ1) is 18.2. The van der Waals surface area contributed by atoms with Crippen molar-refractivity contribution in [3.8, 4) is 5.75 Å². The summed E-state index contributed by atoms with van der Waals surface area (Å²) in [6.45, 7) is 2.49. The molecule has 2 aromatic carbocycles. The van der Waals surface area contributed by atoms with Crippen molar-refractivity contribution >= 4 is 23.1 Å². The van der Waals surface area contributed by atoms with E-state index in [4.69, 9.17) is 4.74 Å². The van der Waals surface area contributed by atoms with Gasteiger partial charge in [0, 0.05) is 11.8 Å².